The number of H-pyrrole nitrogens is 1. The van der Waals surface area contributed by atoms with Crippen molar-refractivity contribution in [1.82, 2.24) is 10.2 Å². The molecule has 96 valence electrons. The molecule has 0 unspecified atom stereocenters. The summed E-state index contributed by atoms with van der Waals surface area (Å²) in [4.78, 5) is 0. The average Bonchev–Trinajstić information content (AvgIpc) is 2.62. The van der Waals surface area contributed by atoms with Gasteiger partial charge in [-0.25, -0.2) is 0 Å². The van der Waals surface area contributed by atoms with Crippen molar-refractivity contribution in [2.75, 3.05) is 5.73 Å². The van der Waals surface area contributed by atoms with Gasteiger partial charge in [0, 0.05) is 5.56 Å². The number of nitrogen functional groups attached to an aromatic ring is 1. The molecule has 1 heterocycles. The fraction of sp³-hybridized carbons (Fsp3) is 0.357. The number of ether oxygens (including phenoxy) is 1. The Hall–Kier alpha value is -1.97. The van der Waals surface area contributed by atoms with Gasteiger partial charge in [-0.1, -0.05) is 0 Å². The fourth-order valence-electron chi connectivity index (χ4n) is 1.84. The van der Waals surface area contributed by atoms with Gasteiger partial charge in [-0.05, 0) is 51.5 Å². The van der Waals surface area contributed by atoms with Gasteiger partial charge in [0.05, 0.1) is 17.5 Å². The molecule has 2 rings (SSSR count). The van der Waals surface area contributed by atoms with E-state index in [0.717, 1.165) is 28.3 Å². The number of hydrogen-bond donors (Lipinski definition) is 2. The molecular formula is C14H19N3O. The van der Waals surface area contributed by atoms with E-state index in [1.165, 1.54) is 0 Å². The first-order chi connectivity index (χ1) is 8.49. The third-order valence-corrected chi connectivity index (χ3v) is 2.81. The first kappa shape index (κ1) is 12.5. The van der Waals surface area contributed by atoms with E-state index in [9.17, 15) is 0 Å². The van der Waals surface area contributed by atoms with Crippen molar-refractivity contribution in [1.29, 1.82) is 0 Å². The van der Waals surface area contributed by atoms with Crippen LogP contribution in [0.25, 0.3) is 11.3 Å². The maximum Gasteiger partial charge on any atom is 0.122 e. The molecule has 0 amide bonds. The molecule has 0 fully saturated rings. The molecule has 0 saturated heterocycles. The number of nitrogens with two attached hydrogens (primary N) is 1. The molecule has 0 atom stereocenters. The summed E-state index contributed by atoms with van der Waals surface area (Å²) in [6, 6.07) is 5.99. The number of aromatic nitrogens is 2. The smallest absolute Gasteiger partial charge is 0.122 e. The van der Waals surface area contributed by atoms with Crippen LogP contribution in [0.5, 0.6) is 5.75 Å². The number of rotatable bonds is 3. The molecule has 0 aliphatic heterocycles. The average molecular weight is 245 g/mol. The fourth-order valence-corrected chi connectivity index (χ4v) is 1.84. The van der Waals surface area contributed by atoms with Gasteiger partial charge in [-0.2, -0.15) is 5.10 Å². The highest BCUT2D eigenvalue weighted by Crippen LogP contribution is 2.29. The predicted molar refractivity (Wildman–Crippen MR) is 73.7 cm³/mol. The Bertz CT molecular complexity index is 558. The molecular weight excluding hydrogens is 226 g/mol. The largest absolute Gasteiger partial charge is 0.491 e. The van der Waals surface area contributed by atoms with Crippen LogP contribution in [0.2, 0.25) is 0 Å². The van der Waals surface area contributed by atoms with Crippen LogP contribution in [0.15, 0.2) is 18.2 Å². The number of aromatic amines is 1. The van der Waals surface area contributed by atoms with E-state index in [0.29, 0.717) is 5.69 Å². The van der Waals surface area contributed by atoms with Crippen LogP contribution < -0.4 is 10.5 Å². The first-order valence-electron chi connectivity index (χ1n) is 6.07. The molecule has 3 N–H and O–H groups in total. The summed E-state index contributed by atoms with van der Waals surface area (Å²) in [5, 5.41) is 7.12. The third-order valence-electron chi connectivity index (χ3n) is 2.81. The molecule has 1 aromatic heterocycles. The Kier molecular flexibility index (Phi) is 3.28. The Morgan fingerprint density at radius 2 is 2.00 bits per heavy atom. The number of aryl methyl sites for hydroxylation is 2. The molecule has 4 nitrogen and oxygen atoms in total. The van der Waals surface area contributed by atoms with Crippen LogP contribution >= 0.6 is 0 Å². The monoisotopic (exact) mass is 245 g/mol. The number of anilines is 1. The maximum atomic E-state index is 5.98. The second-order valence-corrected chi connectivity index (χ2v) is 4.76. The van der Waals surface area contributed by atoms with Crippen molar-refractivity contribution in [3.63, 3.8) is 0 Å². The van der Waals surface area contributed by atoms with Gasteiger partial charge in [0.15, 0.2) is 0 Å². The minimum Gasteiger partial charge on any atom is -0.491 e. The van der Waals surface area contributed by atoms with Crippen LogP contribution in [-0.4, -0.2) is 16.3 Å². The van der Waals surface area contributed by atoms with Gasteiger partial charge in [0.1, 0.15) is 11.4 Å². The van der Waals surface area contributed by atoms with Gasteiger partial charge in [0.2, 0.25) is 0 Å². The van der Waals surface area contributed by atoms with E-state index in [1.807, 2.05) is 45.9 Å². The summed E-state index contributed by atoms with van der Waals surface area (Å²) in [7, 11) is 0. The van der Waals surface area contributed by atoms with Crippen molar-refractivity contribution in [2.45, 2.75) is 33.8 Å². The Morgan fingerprint density at radius 1 is 1.28 bits per heavy atom. The highest BCUT2D eigenvalue weighted by molar-refractivity contribution is 5.74. The van der Waals surface area contributed by atoms with Gasteiger partial charge < -0.3 is 10.5 Å². The topological polar surface area (TPSA) is 63.9 Å². The molecule has 0 radical (unpaired) electrons. The standard InChI is InChI=1S/C14H19N3O/c1-8(2)18-12-6-5-11(7-9(12)3)14-13(15)10(4)16-17-14/h5-8H,15H2,1-4H3,(H,16,17). The second kappa shape index (κ2) is 4.72. The highest BCUT2D eigenvalue weighted by atomic mass is 16.5. The summed E-state index contributed by atoms with van der Waals surface area (Å²) in [6.07, 6.45) is 0.173. The first-order valence-corrected chi connectivity index (χ1v) is 6.07. The highest BCUT2D eigenvalue weighted by Gasteiger charge is 2.11. The minimum atomic E-state index is 0.173. The van der Waals surface area contributed by atoms with Gasteiger partial charge >= 0.3 is 0 Å². The summed E-state index contributed by atoms with van der Waals surface area (Å²) in [5.74, 6) is 0.902. The quantitative estimate of drug-likeness (QED) is 0.873. The van der Waals surface area contributed by atoms with E-state index >= 15 is 0 Å². The van der Waals surface area contributed by atoms with E-state index < -0.39 is 0 Å². The predicted octanol–water partition coefficient (Wildman–Crippen LogP) is 3.06. The lowest BCUT2D eigenvalue weighted by Gasteiger charge is -2.13. The van der Waals surface area contributed by atoms with Crippen LogP contribution in [-0.2, 0) is 0 Å². The normalized spacial score (nSPS) is 10.9. The molecule has 0 aliphatic carbocycles. The SMILES string of the molecule is Cc1cc(-c2n[nH]c(C)c2N)ccc1OC(C)C. The van der Waals surface area contributed by atoms with E-state index in [-0.39, 0.29) is 6.10 Å². The van der Waals surface area contributed by atoms with Crippen LogP contribution in [0.4, 0.5) is 5.69 Å². The summed E-state index contributed by atoms with van der Waals surface area (Å²) in [5.41, 5.74) is 10.5. The van der Waals surface area contributed by atoms with Crippen LogP contribution in [0, 0.1) is 13.8 Å². The van der Waals surface area contributed by atoms with Gasteiger partial charge in [-0.15, -0.1) is 0 Å². The maximum absolute atomic E-state index is 5.98. The molecule has 0 aliphatic rings. The summed E-state index contributed by atoms with van der Waals surface area (Å²) < 4.78 is 5.71. The second-order valence-electron chi connectivity index (χ2n) is 4.76. The zero-order valence-corrected chi connectivity index (χ0v) is 11.2. The Balaban J connectivity index is 2.37. The third kappa shape index (κ3) is 2.32. The van der Waals surface area contributed by atoms with E-state index in [1.54, 1.807) is 0 Å². The number of nitrogens with one attached hydrogen (secondary N) is 1. The van der Waals surface area contributed by atoms with Crippen molar-refractivity contribution in [3.05, 3.63) is 29.5 Å². The molecule has 2 aromatic rings. The van der Waals surface area contributed by atoms with Crippen molar-refractivity contribution < 1.29 is 4.74 Å². The molecule has 18 heavy (non-hydrogen) atoms. The zero-order valence-electron chi connectivity index (χ0n) is 11.2. The van der Waals surface area contributed by atoms with Crippen molar-refractivity contribution in [3.8, 4) is 17.0 Å². The van der Waals surface area contributed by atoms with E-state index in [2.05, 4.69) is 10.2 Å². The van der Waals surface area contributed by atoms with Gasteiger partial charge in [0.25, 0.3) is 0 Å². The summed E-state index contributed by atoms with van der Waals surface area (Å²) >= 11 is 0. The lowest BCUT2D eigenvalue weighted by Crippen LogP contribution is -2.06. The minimum absolute atomic E-state index is 0.173. The number of nitrogens with zero attached hydrogens (tertiary/aromatic N) is 1. The Morgan fingerprint density at radius 3 is 2.50 bits per heavy atom. The van der Waals surface area contributed by atoms with Gasteiger partial charge in [-0.3, -0.25) is 5.10 Å². The Labute approximate surface area is 107 Å². The zero-order chi connectivity index (χ0) is 13.3. The van der Waals surface area contributed by atoms with E-state index in [4.69, 9.17) is 10.5 Å². The number of hydrogen-bond acceptors (Lipinski definition) is 3. The molecule has 4 heteroatoms. The lowest BCUT2D eigenvalue weighted by atomic mass is 10.1. The molecule has 1 aromatic carbocycles. The van der Waals surface area contributed by atoms with Crippen molar-refractivity contribution in [2.24, 2.45) is 0 Å². The summed E-state index contributed by atoms with van der Waals surface area (Å²) in [6.45, 7) is 7.97. The molecule has 0 spiro atoms. The number of benzene rings is 1. The molecule has 0 saturated carbocycles. The van der Waals surface area contributed by atoms with Crippen LogP contribution in [0.1, 0.15) is 25.1 Å². The van der Waals surface area contributed by atoms with Crippen LogP contribution in [0.3, 0.4) is 0 Å². The molecule has 0 bridgehead atoms. The lowest BCUT2D eigenvalue weighted by molar-refractivity contribution is 0.241. The van der Waals surface area contributed by atoms with Crippen molar-refractivity contribution >= 4 is 5.69 Å².